The number of nitrogens with zero attached hydrogens (tertiary/aromatic N) is 3. The van der Waals surface area contributed by atoms with Crippen LogP contribution in [0.3, 0.4) is 0 Å². The Balaban J connectivity index is 1.79. The molecule has 0 amide bonds. The highest BCUT2D eigenvalue weighted by Crippen LogP contribution is 2.21. The molecule has 1 aromatic carbocycles. The summed E-state index contributed by atoms with van der Waals surface area (Å²) in [7, 11) is 1.55. The molecule has 3 aromatic rings. The molecule has 0 aliphatic heterocycles. The minimum atomic E-state index is -0.306. The first-order valence-corrected chi connectivity index (χ1v) is 7.22. The molecule has 2 aromatic heterocycles. The summed E-state index contributed by atoms with van der Waals surface area (Å²) in [6.07, 6.45) is 2.04. The normalized spacial score (nSPS) is 10.7. The fraction of sp³-hybridized carbons (Fsp3) is 0.133. The standard InChI is InChI=1S/C15H11BrFN3O2/c1-21-13-5-3-10(8-18-13)15-19-14(22-20-15)7-9-2-4-12(17)11(16)6-9/h2-6,8H,7H2,1H3. The third-order valence-electron chi connectivity index (χ3n) is 3.01. The van der Waals surface area contributed by atoms with Crippen molar-refractivity contribution in [3.63, 3.8) is 0 Å². The molecule has 0 saturated carbocycles. The number of methoxy groups -OCH3 is 1. The molecule has 0 aliphatic carbocycles. The Hall–Kier alpha value is -2.28. The smallest absolute Gasteiger partial charge is 0.231 e. The van der Waals surface area contributed by atoms with Gasteiger partial charge in [0.25, 0.3) is 0 Å². The van der Waals surface area contributed by atoms with Gasteiger partial charge in [0, 0.05) is 17.8 Å². The number of hydrogen-bond acceptors (Lipinski definition) is 5. The van der Waals surface area contributed by atoms with E-state index in [0.717, 1.165) is 11.1 Å². The van der Waals surface area contributed by atoms with Crippen molar-refractivity contribution < 1.29 is 13.7 Å². The van der Waals surface area contributed by atoms with Crippen LogP contribution in [-0.2, 0) is 6.42 Å². The first-order chi connectivity index (χ1) is 10.7. The van der Waals surface area contributed by atoms with E-state index < -0.39 is 0 Å². The van der Waals surface area contributed by atoms with Gasteiger partial charge >= 0.3 is 0 Å². The number of ether oxygens (including phenoxy) is 1. The van der Waals surface area contributed by atoms with Gasteiger partial charge < -0.3 is 9.26 Å². The Morgan fingerprint density at radius 2 is 2.14 bits per heavy atom. The molecule has 0 aliphatic rings. The second kappa shape index (κ2) is 6.23. The molecule has 3 rings (SSSR count). The van der Waals surface area contributed by atoms with Crippen LogP contribution in [0.4, 0.5) is 4.39 Å². The number of benzene rings is 1. The van der Waals surface area contributed by atoms with E-state index in [-0.39, 0.29) is 5.82 Å². The minimum absolute atomic E-state index is 0.306. The van der Waals surface area contributed by atoms with Crippen LogP contribution < -0.4 is 4.74 Å². The maximum absolute atomic E-state index is 13.2. The Morgan fingerprint density at radius 1 is 1.27 bits per heavy atom. The zero-order valence-corrected chi connectivity index (χ0v) is 13.2. The van der Waals surface area contributed by atoms with Gasteiger partial charge in [-0.25, -0.2) is 9.37 Å². The Kier molecular flexibility index (Phi) is 4.15. The molecule has 22 heavy (non-hydrogen) atoms. The highest BCUT2D eigenvalue weighted by Gasteiger charge is 2.11. The van der Waals surface area contributed by atoms with Crippen molar-refractivity contribution in [1.82, 2.24) is 15.1 Å². The van der Waals surface area contributed by atoms with Crippen molar-refractivity contribution in [2.45, 2.75) is 6.42 Å². The van der Waals surface area contributed by atoms with Gasteiger partial charge in [0.2, 0.25) is 17.6 Å². The maximum Gasteiger partial charge on any atom is 0.231 e. The largest absolute Gasteiger partial charge is 0.481 e. The lowest BCUT2D eigenvalue weighted by molar-refractivity contribution is 0.385. The van der Waals surface area contributed by atoms with Crippen molar-refractivity contribution in [3.8, 4) is 17.3 Å². The maximum atomic E-state index is 13.2. The fourth-order valence-electron chi connectivity index (χ4n) is 1.90. The highest BCUT2D eigenvalue weighted by atomic mass is 79.9. The number of rotatable bonds is 4. The van der Waals surface area contributed by atoms with E-state index in [1.807, 2.05) is 0 Å². The van der Waals surface area contributed by atoms with Crippen LogP contribution in [0.25, 0.3) is 11.4 Å². The van der Waals surface area contributed by atoms with Crippen LogP contribution in [0.15, 0.2) is 45.5 Å². The lowest BCUT2D eigenvalue weighted by atomic mass is 10.1. The average Bonchev–Trinajstić information content (AvgIpc) is 2.99. The summed E-state index contributed by atoms with van der Waals surface area (Å²) in [5.41, 5.74) is 1.60. The van der Waals surface area contributed by atoms with E-state index in [2.05, 4.69) is 31.1 Å². The molecular formula is C15H11BrFN3O2. The van der Waals surface area contributed by atoms with Gasteiger partial charge in [0.15, 0.2) is 0 Å². The number of pyridine rings is 1. The van der Waals surface area contributed by atoms with Crippen molar-refractivity contribution in [3.05, 3.63) is 58.3 Å². The molecule has 0 spiro atoms. The van der Waals surface area contributed by atoms with Crippen molar-refractivity contribution in [1.29, 1.82) is 0 Å². The van der Waals surface area contributed by atoms with Gasteiger partial charge in [0.1, 0.15) is 5.82 Å². The minimum Gasteiger partial charge on any atom is -0.481 e. The summed E-state index contributed by atoms with van der Waals surface area (Å²) < 4.78 is 23.8. The third-order valence-corrected chi connectivity index (χ3v) is 3.62. The van der Waals surface area contributed by atoms with Crippen LogP contribution in [0.1, 0.15) is 11.5 Å². The molecule has 2 heterocycles. The SMILES string of the molecule is COc1ccc(-c2noc(Cc3ccc(F)c(Br)c3)n2)cn1. The summed E-state index contributed by atoms with van der Waals surface area (Å²) in [5.74, 6) is 1.11. The lowest BCUT2D eigenvalue weighted by Crippen LogP contribution is -1.91. The lowest BCUT2D eigenvalue weighted by Gasteiger charge is -1.99. The Morgan fingerprint density at radius 3 is 2.82 bits per heavy atom. The highest BCUT2D eigenvalue weighted by molar-refractivity contribution is 9.10. The van der Waals surface area contributed by atoms with E-state index in [1.165, 1.54) is 6.07 Å². The Bertz CT molecular complexity index is 790. The van der Waals surface area contributed by atoms with Crippen LogP contribution in [0.5, 0.6) is 5.88 Å². The predicted octanol–water partition coefficient (Wildman–Crippen LogP) is 3.63. The quantitative estimate of drug-likeness (QED) is 0.708. The van der Waals surface area contributed by atoms with Gasteiger partial charge in [-0.2, -0.15) is 4.98 Å². The molecule has 0 saturated heterocycles. The van der Waals surface area contributed by atoms with E-state index in [9.17, 15) is 4.39 Å². The molecule has 112 valence electrons. The first-order valence-electron chi connectivity index (χ1n) is 6.42. The average molecular weight is 364 g/mol. The predicted molar refractivity (Wildman–Crippen MR) is 81.0 cm³/mol. The van der Waals surface area contributed by atoms with Gasteiger partial charge in [-0.1, -0.05) is 11.2 Å². The van der Waals surface area contributed by atoms with Crippen LogP contribution in [0.2, 0.25) is 0 Å². The molecule has 0 bridgehead atoms. The van der Waals surface area contributed by atoms with Crippen LogP contribution in [0, 0.1) is 5.82 Å². The number of aromatic nitrogens is 3. The molecular weight excluding hydrogens is 353 g/mol. The molecule has 5 nitrogen and oxygen atoms in total. The van der Waals surface area contributed by atoms with Gasteiger partial charge in [-0.3, -0.25) is 0 Å². The fourth-order valence-corrected chi connectivity index (χ4v) is 2.33. The Labute approximate surface area is 134 Å². The summed E-state index contributed by atoms with van der Waals surface area (Å²) in [6.45, 7) is 0. The summed E-state index contributed by atoms with van der Waals surface area (Å²) in [5, 5.41) is 3.93. The summed E-state index contributed by atoms with van der Waals surface area (Å²) in [4.78, 5) is 8.41. The molecule has 7 heteroatoms. The molecule has 0 fully saturated rings. The van der Waals surface area contributed by atoms with Gasteiger partial charge in [-0.15, -0.1) is 0 Å². The van der Waals surface area contributed by atoms with Crippen LogP contribution in [-0.4, -0.2) is 22.2 Å². The zero-order valence-electron chi connectivity index (χ0n) is 11.6. The van der Waals surface area contributed by atoms with Gasteiger partial charge in [-0.05, 0) is 39.7 Å². The second-order valence-electron chi connectivity index (χ2n) is 4.53. The van der Waals surface area contributed by atoms with Gasteiger partial charge in [0.05, 0.1) is 18.0 Å². The van der Waals surface area contributed by atoms with Crippen molar-refractivity contribution in [2.24, 2.45) is 0 Å². The third kappa shape index (κ3) is 3.14. The topological polar surface area (TPSA) is 61.0 Å². The second-order valence-corrected chi connectivity index (χ2v) is 5.38. The molecule has 0 atom stereocenters. The zero-order chi connectivity index (χ0) is 15.5. The van der Waals surface area contributed by atoms with Crippen molar-refractivity contribution in [2.75, 3.05) is 7.11 Å². The van der Waals surface area contributed by atoms with Crippen molar-refractivity contribution >= 4 is 15.9 Å². The van der Waals surface area contributed by atoms with Crippen LogP contribution >= 0.6 is 15.9 Å². The number of hydrogen-bond donors (Lipinski definition) is 0. The molecule has 0 unspecified atom stereocenters. The van der Waals surface area contributed by atoms with E-state index in [0.29, 0.717) is 28.5 Å². The monoisotopic (exact) mass is 363 g/mol. The summed E-state index contributed by atoms with van der Waals surface area (Å²) >= 11 is 3.15. The molecule has 0 radical (unpaired) electrons. The van der Waals surface area contributed by atoms with E-state index >= 15 is 0 Å². The van der Waals surface area contributed by atoms with E-state index in [4.69, 9.17) is 9.26 Å². The number of halogens is 2. The first kappa shape index (κ1) is 14.6. The van der Waals surface area contributed by atoms with E-state index in [1.54, 1.807) is 37.6 Å². The summed E-state index contributed by atoms with van der Waals surface area (Å²) in [6, 6.07) is 8.29. The molecule has 0 N–H and O–H groups in total.